The van der Waals surface area contributed by atoms with Crippen LogP contribution >= 0.6 is 11.8 Å². The highest BCUT2D eigenvalue weighted by Crippen LogP contribution is 2.21. The Morgan fingerprint density at radius 3 is 2.81 bits per heavy atom. The Kier molecular flexibility index (Phi) is 4.65. The van der Waals surface area contributed by atoms with Gasteiger partial charge in [0, 0.05) is 18.8 Å². The molecule has 2 aromatic rings. The summed E-state index contributed by atoms with van der Waals surface area (Å²) in [6, 6.07) is 12.5. The van der Waals surface area contributed by atoms with Gasteiger partial charge in [-0.2, -0.15) is 0 Å². The lowest BCUT2D eigenvalue weighted by Gasteiger charge is -2.27. The first-order valence-electron chi connectivity index (χ1n) is 7.32. The zero-order chi connectivity index (χ0) is 14.5. The van der Waals surface area contributed by atoms with E-state index >= 15 is 0 Å². The number of aryl methyl sites for hydroxylation is 1. The highest BCUT2D eigenvalue weighted by Gasteiger charge is 2.17. The second kappa shape index (κ2) is 6.85. The summed E-state index contributed by atoms with van der Waals surface area (Å²) in [5, 5.41) is 1.14. The van der Waals surface area contributed by atoms with Gasteiger partial charge in [-0.25, -0.2) is 0 Å². The number of aliphatic imine (C=N–C) groups is 1. The molecule has 4 heteroatoms. The third-order valence-electron chi connectivity index (χ3n) is 3.60. The Balaban J connectivity index is 1.81. The van der Waals surface area contributed by atoms with Gasteiger partial charge in [-0.1, -0.05) is 36.0 Å². The minimum absolute atomic E-state index is 0.771. The summed E-state index contributed by atoms with van der Waals surface area (Å²) in [4.78, 5) is 7.02. The van der Waals surface area contributed by atoms with Crippen molar-refractivity contribution >= 4 is 16.9 Å². The zero-order valence-electron chi connectivity index (χ0n) is 12.3. The predicted octanol–water partition coefficient (Wildman–Crippen LogP) is 4.08. The zero-order valence-corrected chi connectivity index (χ0v) is 13.1. The molecule has 3 rings (SSSR count). The molecule has 0 amide bonds. The molecule has 1 aromatic carbocycles. The maximum Gasteiger partial charge on any atom is 0.159 e. The van der Waals surface area contributed by atoms with Gasteiger partial charge in [0.2, 0.25) is 0 Å². The second-order valence-electron chi connectivity index (χ2n) is 5.23. The number of nitrogens with zero attached hydrogens (tertiary/aromatic N) is 2. The fraction of sp³-hybridized carbons (Fsp3) is 0.353. The number of hydrogen-bond acceptors (Lipinski definition) is 4. The third-order valence-corrected chi connectivity index (χ3v) is 4.74. The van der Waals surface area contributed by atoms with Crippen LogP contribution in [0.3, 0.4) is 0 Å². The summed E-state index contributed by atoms with van der Waals surface area (Å²) in [5.74, 6) is 2.14. The molecule has 1 aliphatic rings. The molecule has 3 nitrogen and oxygen atoms in total. The van der Waals surface area contributed by atoms with E-state index in [1.807, 2.05) is 23.9 Å². The van der Waals surface area contributed by atoms with Crippen molar-refractivity contribution in [2.75, 3.05) is 12.3 Å². The monoisotopic (exact) mass is 300 g/mol. The normalized spacial score (nSPS) is 14.8. The molecule has 0 saturated carbocycles. The quantitative estimate of drug-likeness (QED) is 0.851. The lowest BCUT2D eigenvalue weighted by molar-refractivity contribution is 0.359. The van der Waals surface area contributed by atoms with Crippen LogP contribution < -0.4 is 0 Å². The first-order valence-corrected chi connectivity index (χ1v) is 8.30. The lowest BCUT2D eigenvalue weighted by Crippen LogP contribution is -2.30. The van der Waals surface area contributed by atoms with Gasteiger partial charge in [-0.05, 0) is 36.6 Å². The summed E-state index contributed by atoms with van der Waals surface area (Å²) in [5.41, 5.74) is 2.67. The van der Waals surface area contributed by atoms with Crippen LogP contribution in [0.25, 0.3) is 0 Å². The summed E-state index contributed by atoms with van der Waals surface area (Å²) >= 11 is 1.85. The van der Waals surface area contributed by atoms with Gasteiger partial charge in [-0.15, -0.1) is 0 Å². The van der Waals surface area contributed by atoms with Crippen LogP contribution in [-0.4, -0.2) is 22.4 Å². The largest absolute Gasteiger partial charge is 0.467 e. The van der Waals surface area contributed by atoms with Crippen molar-refractivity contribution in [2.24, 2.45) is 4.99 Å². The van der Waals surface area contributed by atoms with Crippen molar-refractivity contribution in [1.82, 2.24) is 4.90 Å². The van der Waals surface area contributed by atoms with Gasteiger partial charge in [0.1, 0.15) is 5.76 Å². The van der Waals surface area contributed by atoms with Crippen molar-refractivity contribution in [3.05, 3.63) is 59.5 Å². The Bertz CT molecular complexity index is 607. The molecule has 110 valence electrons. The summed E-state index contributed by atoms with van der Waals surface area (Å²) < 4.78 is 5.52. The molecule has 1 aliphatic heterocycles. The second-order valence-corrected chi connectivity index (χ2v) is 6.29. The molecule has 0 aliphatic carbocycles. The molecular formula is C17H20N2OS. The molecular weight excluding hydrogens is 280 g/mol. The van der Waals surface area contributed by atoms with Crippen LogP contribution in [-0.2, 0) is 13.1 Å². The van der Waals surface area contributed by atoms with Crippen molar-refractivity contribution < 1.29 is 4.42 Å². The number of amidine groups is 1. The fourth-order valence-electron chi connectivity index (χ4n) is 2.41. The Hall–Kier alpha value is -1.68. The predicted molar refractivity (Wildman–Crippen MR) is 88.5 cm³/mol. The summed E-state index contributed by atoms with van der Waals surface area (Å²) in [6.45, 7) is 4.74. The Morgan fingerprint density at radius 1 is 1.19 bits per heavy atom. The van der Waals surface area contributed by atoms with E-state index in [9.17, 15) is 0 Å². The number of hydrogen-bond donors (Lipinski definition) is 0. The third kappa shape index (κ3) is 3.70. The molecule has 0 unspecified atom stereocenters. The van der Waals surface area contributed by atoms with Gasteiger partial charge in [0.15, 0.2) is 5.17 Å². The maximum absolute atomic E-state index is 5.52. The number of rotatable bonds is 4. The topological polar surface area (TPSA) is 28.7 Å². The van der Waals surface area contributed by atoms with Crippen molar-refractivity contribution in [1.29, 1.82) is 0 Å². The van der Waals surface area contributed by atoms with E-state index in [2.05, 4.69) is 36.1 Å². The van der Waals surface area contributed by atoms with Crippen LogP contribution in [0.1, 0.15) is 23.3 Å². The maximum atomic E-state index is 5.52. The van der Waals surface area contributed by atoms with Gasteiger partial charge >= 0.3 is 0 Å². The van der Waals surface area contributed by atoms with Gasteiger partial charge in [0.05, 0.1) is 12.8 Å². The van der Waals surface area contributed by atoms with Crippen molar-refractivity contribution in [3.63, 3.8) is 0 Å². The van der Waals surface area contributed by atoms with E-state index in [0.29, 0.717) is 0 Å². The van der Waals surface area contributed by atoms with Crippen LogP contribution in [0.15, 0.2) is 52.1 Å². The van der Waals surface area contributed by atoms with Crippen LogP contribution in [0.4, 0.5) is 0 Å². The smallest absolute Gasteiger partial charge is 0.159 e. The fourth-order valence-corrected chi connectivity index (χ4v) is 3.36. The number of benzene rings is 1. The molecule has 2 heterocycles. The highest BCUT2D eigenvalue weighted by molar-refractivity contribution is 8.13. The van der Waals surface area contributed by atoms with E-state index in [1.54, 1.807) is 6.26 Å². The first kappa shape index (κ1) is 14.3. The summed E-state index contributed by atoms with van der Waals surface area (Å²) in [7, 11) is 0. The van der Waals surface area contributed by atoms with Gasteiger partial charge < -0.3 is 9.32 Å². The SMILES string of the molecule is Cc1ccccc1CN(Cc1ccco1)C1=NCCCS1. The lowest BCUT2D eigenvalue weighted by atomic mass is 10.1. The van der Waals surface area contributed by atoms with E-state index in [0.717, 1.165) is 36.3 Å². The number of thioether (sulfide) groups is 1. The van der Waals surface area contributed by atoms with Crippen molar-refractivity contribution in [2.45, 2.75) is 26.4 Å². The molecule has 0 N–H and O–H groups in total. The molecule has 21 heavy (non-hydrogen) atoms. The van der Waals surface area contributed by atoms with E-state index < -0.39 is 0 Å². The average molecular weight is 300 g/mol. The minimum atomic E-state index is 0.771. The van der Waals surface area contributed by atoms with Crippen molar-refractivity contribution in [3.8, 4) is 0 Å². The molecule has 0 bridgehead atoms. The number of furan rings is 1. The van der Waals surface area contributed by atoms with Crippen LogP contribution in [0.2, 0.25) is 0 Å². The molecule has 1 aromatic heterocycles. The van der Waals surface area contributed by atoms with Crippen LogP contribution in [0.5, 0.6) is 0 Å². The average Bonchev–Trinajstić information content (AvgIpc) is 3.03. The minimum Gasteiger partial charge on any atom is -0.467 e. The first-order chi connectivity index (χ1) is 10.3. The molecule has 0 saturated heterocycles. The Labute approximate surface area is 130 Å². The highest BCUT2D eigenvalue weighted by atomic mass is 32.2. The van der Waals surface area contributed by atoms with Gasteiger partial charge in [-0.3, -0.25) is 4.99 Å². The molecule has 0 atom stereocenters. The molecule has 0 fully saturated rings. The van der Waals surface area contributed by atoms with E-state index in [-0.39, 0.29) is 0 Å². The Morgan fingerprint density at radius 2 is 2.10 bits per heavy atom. The van der Waals surface area contributed by atoms with E-state index in [4.69, 9.17) is 9.41 Å². The molecule has 0 spiro atoms. The summed E-state index contributed by atoms with van der Waals surface area (Å²) in [6.07, 6.45) is 2.91. The standard InChI is InChI=1S/C17H20N2OS/c1-14-6-2-3-7-15(14)12-19(13-16-8-4-10-20-16)17-18-9-5-11-21-17/h2-4,6-8,10H,5,9,11-13H2,1H3. The van der Waals surface area contributed by atoms with Crippen LogP contribution in [0, 0.1) is 6.92 Å². The van der Waals surface area contributed by atoms with Gasteiger partial charge in [0.25, 0.3) is 0 Å². The van der Waals surface area contributed by atoms with E-state index in [1.165, 1.54) is 17.5 Å². The molecule has 0 radical (unpaired) electrons.